The number of nitrogens with one attached hydrogen (secondary N) is 1. The quantitative estimate of drug-likeness (QED) is 0.313. The van der Waals surface area contributed by atoms with E-state index in [2.05, 4.69) is 0 Å². The molecule has 0 aliphatic heterocycles. The van der Waals surface area contributed by atoms with Crippen molar-refractivity contribution < 1.29 is 79.4 Å². The fraction of sp³-hybridized carbons (Fsp3) is 0.533. The number of carbonyl (C=O) groups excluding carboxylic acids is 1. The van der Waals surface area contributed by atoms with Crippen LogP contribution in [-0.4, -0.2) is 53.8 Å². The molecular formula is C15H5ClF17NO. The maximum absolute atomic E-state index is 13.7. The van der Waals surface area contributed by atoms with Crippen LogP contribution in [0.1, 0.15) is 0 Å². The summed E-state index contributed by atoms with van der Waals surface area (Å²) in [6.45, 7) is 0. The Morgan fingerprint density at radius 2 is 1.11 bits per heavy atom. The molecule has 35 heavy (non-hydrogen) atoms. The predicted molar refractivity (Wildman–Crippen MR) is 80.7 cm³/mol. The molecule has 0 bridgehead atoms. The van der Waals surface area contributed by atoms with Crippen molar-refractivity contribution in [2.24, 2.45) is 0 Å². The van der Waals surface area contributed by atoms with Crippen LogP contribution < -0.4 is 5.32 Å². The second kappa shape index (κ2) is 8.72. The van der Waals surface area contributed by atoms with Gasteiger partial charge in [-0.1, -0.05) is 11.6 Å². The lowest BCUT2D eigenvalue weighted by Gasteiger charge is -2.42. The molecule has 20 heteroatoms. The molecule has 1 rings (SSSR count). The van der Waals surface area contributed by atoms with Crippen molar-refractivity contribution in [3.63, 3.8) is 0 Å². The molecule has 1 aromatic rings. The van der Waals surface area contributed by atoms with Crippen molar-refractivity contribution >= 4 is 23.2 Å². The van der Waals surface area contributed by atoms with Crippen molar-refractivity contribution in [1.29, 1.82) is 0 Å². The first kappa shape index (κ1) is 30.8. The van der Waals surface area contributed by atoms with Crippen molar-refractivity contribution in [1.82, 2.24) is 0 Å². The molecule has 1 aromatic carbocycles. The molecular weight excluding hydrogens is 569 g/mol. The van der Waals surface area contributed by atoms with Crippen molar-refractivity contribution in [3.8, 4) is 0 Å². The van der Waals surface area contributed by atoms with E-state index in [0.717, 1.165) is 0 Å². The van der Waals surface area contributed by atoms with E-state index in [0.29, 0.717) is 11.4 Å². The molecule has 2 nitrogen and oxygen atoms in total. The van der Waals surface area contributed by atoms with Gasteiger partial charge in [-0.15, -0.1) is 0 Å². The van der Waals surface area contributed by atoms with E-state index in [4.69, 9.17) is 11.6 Å². The average Bonchev–Trinajstić information content (AvgIpc) is 2.68. The van der Waals surface area contributed by atoms with Gasteiger partial charge in [-0.25, -0.2) is 13.2 Å². The number of hydrogen-bond donors (Lipinski definition) is 1. The van der Waals surface area contributed by atoms with Crippen LogP contribution in [0.3, 0.4) is 0 Å². The predicted octanol–water partition coefficient (Wildman–Crippen LogP) is 7.13. The Bertz CT molecular complexity index is 961. The van der Waals surface area contributed by atoms with E-state index in [1.54, 1.807) is 0 Å². The molecule has 1 amide bonds. The van der Waals surface area contributed by atoms with E-state index < -0.39 is 70.3 Å². The summed E-state index contributed by atoms with van der Waals surface area (Å²) in [6.07, 6.45) is -5.96. The Hall–Kier alpha value is -2.21. The van der Waals surface area contributed by atoms with Gasteiger partial charge >= 0.3 is 53.8 Å². The van der Waals surface area contributed by atoms with Gasteiger partial charge in [0, 0.05) is 5.02 Å². The lowest BCUT2D eigenvalue weighted by atomic mass is 9.89. The van der Waals surface area contributed by atoms with Crippen molar-refractivity contribution in [3.05, 3.63) is 29.0 Å². The molecule has 0 unspecified atom stereocenters. The van der Waals surface area contributed by atoms with Gasteiger partial charge < -0.3 is 5.32 Å². The Morgan fingerprint density at radius 1 is 0.714 bits per heavy atom. The summed E-state index contributed by atoms with van der Waals surface area (Å²) in [6, 6.07) is 1.02. The second-order valence-electron chi connectivity index (χ2n) is 6.45. The number of rotatable bonds is 9. The van der Waals surface area contributed by atoms with Gasteiger partial charge in [-0.3, -0.25) is 4.79 Å². The molecule has 0 atom stereocenters. The number of hydrogen-bond acceptors (Lipinski definition) is 1. The highest BCUT2D eigenvalue weighted by Gasteiger charge is 2.94. The number of alkyl halides is 16. The lowest BCUT2D eigenvalue weighted by Crippen LogP contribution is -2.74. The third-order valence-electron chi connectivity index (χ3n) is 4.13. The second-order valence-corrected chi connectivity index (χ2v) is 6.88. The molecule has 0 aromatic heterocycles. The summed E-state index contributed by atoms with van der Waals surface area (Å²) in [5, 5.41) is -0.0409. The summed E-state index contributed by atoms with van der Waals surface area (Å²) in [5.74, 6) is -62.5. The van der Waals surface area contributed by atoms with Crippen LogP contribution in [0, 0.1) is 5.82 Å². The molecule has 0 heterocycles. The van der Waals surface area contributed by atoms with Crippen LogP contribution in [0.25, 0.3) is 0 Å². The number of anilines is 1. The highest BCUT2D eigenvalue weighted by atomic mass is 35.5. The molecule has 0 saturated carbocycles. The Labute approximate surface area is 186 Å². The fourth-order valence-electron chi connectivity index (χ4n) is 2.07. The average molecular weight is 574 g/mol. The third kappa shape index (κ3) is 4.32. The Morgan fingerprint density at radius 3 is 1.51 bits per heavy atom. The molecule has 1 N–H and O–H groups in total. The zero-order chi connectivity index (χ0) is 28.2. The largest absolute Gasteiger partial charge is 0.393 e. The monoisotopic (exact) mass is 573 g/mol. The third-order valence-corrected chi connectivity index (χ3v) is 4.36. The van der Waals surface area contributed by atoms with Crippen LogP contribution in [-0.2, 0) is 4.79 Å². The Balaban J connectivity index is 3.56. The van der Waals surface area contributed by atoms with Crippen LogP contribution in [0.2, 0.25) is 5.02 Å². The van der Waals surface area contributed by atoms with Crippen molar-refractivity contribution in [2.45, 2.75) is 47.9 Å². The van der Waals surface area contributed by atoms with Crippen LogP contribution >= 0.6 is 11.6 Å². The summed E-state index contributed by atoms with van der Waals surface area (Å²) in [5.41, 5.74) is -1.54. The smallest absolute Gasteiger partial charge is 0.318 e. The van der Waals surface area contributed by atoms with Crippen LogP contribution in [0.15, 0.2) is 18.2 Å². The van der Waals surface area contributed by atoms with E-state index in [1.165, 1.54) is 0 Å². The molecule has 0 spiro atoms. The first-order valence-corrected chi connectivity index (χ1v) is 8.32. The number of benzene rings is 1. The molecule has 0 aliphatic rings. The number of carbonyl (C=O) groups is 1. The van der Waals surface area contributed by atoms with E-state index in [9.17, 15) is 79.4 Å². The first-order chi connectivity index (χ1) is 15.2. The molecule has 202 valence electrons. The minimum absolute atomic E-state index is 0.210. The summed E-state index contributed by atoms with van der Waals surface area (Å²) in [4.78, 5) is 11.3. The highest BCUT2D eigenvalue weighted by Crippen LogP contribution is 2.62. The van der Waals surface area contributed by atoms with Gasteiger partial charge in [0.15, 0.2) is 0 Å². The summed E-state index contributed by atoms with van der Waals surface area (Å²) in [7, 11) is 0. The van der Waals surface area contributed by atoms with Crippen LogP contribution in [0.5, 0.6) is 0 Å². The normalized spacial score (nSPS) is 14.9. The maximum atomic E-state index is 13.7. The lowest BCUT2D eigenvalue weighted by molar-refractivity contribution is -0.443. The fourth-order valence-corrected chi connectivity index (χ4v) is 2.23. The van der Waals surface area contributed by atoms with Gasteiger partial charge in [-0.05, 0) is 18.2 Å². The van der Waals surface area contributed by atoms with E-state index in [-0.39, 0.29) is 12.1 Å². The highest BCUT2D eigenvalue weighted by molar-refractivity contribution is 6.30. The zero-order valence-corrected chi connectivity index (χ0v) is 16.3. The zero-order valence-electron chi connectivity index (χ0n) is 15.5. The van der Waals surface area contributed by atoms with Gasteiger partial charge in [0.05, 0.1) is 5.69 Å². The topological polar surface area (TPSA) is 29.1 Å². The van der Waals surface area contributed by atoms with Gasteiger partial charge in [-0.2, -0.15) is 61.5 Å². The van der Waals surface area contributed by atoms with Gasteiger partial charge in [0.2, 0.25) is 0 Å². The molecule has 0 fully saturated rings. The standard InChI is InChI=1S/C15H5ClF17NO/c16-4-1-2-6(5(17)3-4)34-8(35)10(22,23)12(26,27)14(30,31)15(32,33)13(28,29)11(24,25)9(20,21)7(18)19/h1-3,7H,(H,34,35). The molecule has 0 aliphatic carbocycles. The van der Waals surface area contributed by atoms with Gasteiger partial charge in [0.1, 0.15) is 5.82 Å². The minimum atomic E-state index is -8.64. The summed E-state index contributed by atoms with van der Waals surface area (Å²) < 4.78 is 225. The van der Waals surface area contributed by atoms with E-state index >= 15 is 0 Å². The molecule has 0 radical (unpaired) electrons. The summed E-state index contributed by atoms with van der Waals surface area (Å²) >= 11 is 5.22. The molecule has 0 saturated heterocycles. The van der Waals surface area contributed by atoms with Crippen LogP contribution in [0.4, 0.5) is 80.3 Å². The number of amides is 1. The van der Waals surface area contributed by atoms with Gasteiger partial charge in [0.25, 0.3) is 0 Å². The maximum Gasteiger partial charge on any atom is 0.393 e. The number of halogens is 18. The van der Waals surface area contributed by atoms with E-state index in [1.807, 2.05) is 0 Å². The van der Waals surface area contributed by atoms with Crippen molar-refractivity contribution in [2.75, 3.05) is 5.32 Å². The Kier molecular flexibility index (Phi) is 7.68. The first-order valence-electron chi connectivity index (χ1n) is 7.94. The SMILES string of the molecule is O=C(Nc1ccc(Cl)cc1F)C(F)(F)C(F)(F)C(F)(F)C(F)(F)C(F)(F)C(F)(F)C(F)(F)C(F)F. The minimum Gasteiger partial charge on any atom is -0.318 e.